The van der Waals surface area contributed by atoms with E-state index in [0.29, 0.717) is 12.1 Å². The molecule has 122 valence electrons. The second-order valence-electron chi connectivity index (χ2n) is 7.39. The minimum atomic E-state index is 0.415. The van der Waals surface area contributed by atoms with Crippen molar-refractivity contribution < 1.29 is 4.74 Å². The summed E-state index contributed by atoms with van der Waals surface area (Å²) in [4.78, 5) is 5.31. The van der Waals surface area contributed by atoms with Gasteiger partial charge in [-0.3, -0.25) is 9.80 Å². The van der Waals surface area contributed by atoms with Gasteiger partial charge in [0.2, 0.25) is 0 Å². The van der Waals surface area contributed by atoms with Gasteiger partial charge in [-0.25, -0.2) is 0 Å². The van der Waals surface area contributed by atoms with Gasteiger partial charge in [-0.2, -0.15) is 0 Å². The molecule has 3 saturated heterocycles. The van der Waals surface area contributed by atoms with E-state index in [0.717, 1.165) is 38.2 Å². The number of nitrogens with zero attached hydrogens (tertiary/aromatic N) is 2. The summed E-state index contributed by atoms with van der Waals surface area (Å²) in [6, 6.07) is 1.45. The van der Waals surface area contributed by atoms with Crippen molar-refractivity contribution in [3.8, 4) is 0 Å². The summed E-state index contributed by atoms with van der Waals surface area (Å²) >= 11 is 0. The Morgan fingerprint density at radius 1 is 1.19 bits per heavy atom. The molecule has 21 heavy (non-hydrogen) atoms. The monoisotopic (exact) mass is 295 g/mol. The van der Waals surface area contributed by atoms with E-state index < -0.39 is 0 Å². The summed E-state index contributed by atoms with van der Waals surface area (Å²) in [5.41, 5.74) is 0. The molecular formula is C17H33N3O. The number of nitrogens with one attached hydrogen (secondary N) is 1. The van der Waals surface area contributed by atoms with E-state index in [1.807, 2.05) is 0 Å². The maximum atomic E-state index is 6.06. The lowest BCUT2D eigenvalue weighted by molar-refractivity contribution is -0.0561. The van der Waals surface area contributed by atoms with E-state index in [4.69, 9.17) is 4.74 Å². The van der Waals surface area contributed by atoms with Gasteiger partial charge in [-0.05, 0) is 65.1 Å². The minimum absolute atomic E-state index is 0.415. The third-order valence-electron chi connectivity index (χ3n) is 5.63. The lowest BCUT2D eigenvalue weighted by Crippen LogP contribution is -2.52. The number of likely N-dealkylation sites (tertiary alicyclic amines) is 1. The molecule has 3 aliphatic rings. The highest BCUT2D eigenvalue weighted by Crippen LogP contribution is 2.28. The van der Waals surface area contributed by atoms with Crippen LogP contribution in [0.1, 0.15) is 39.5 Å². The fraction of sp³-hybridized carbons (Fsp3) is 1.00. The van der Waals surface area contributed by atoms with Crippen LogP contribution in [0.3, 0.4) is 0 Å². The summed E-state index contributed by atoms with van der Waals surface area (Å²) in [7, 11) is 0. The van der Waals surface area contributed by atoms with Crippen molar-refractivity contribution in [3.63, 3.8) is 0 Å². The topological polar surface area (TPSA) is 27.7 Å². The summed E-state index contributed by atoms with van der Waals surface area (Å²) in [5.74, 6) is 0.867. The summed E-state index contributed by atoms with van der Waals surface area (Å²) in [6.45, 7) is 12.6. The molecular weight excluding hydrogens is 262 g/mol. The zero-order valence-corrected chi connectivity index (χ0v) is 13.9. The number of morpholine rings is 1. The Bertz CT molecular complexity index is 317. The number of hydrogen-bond acceptors (Lipinski definition) is 4. The average molecular weight is 295 g/mol. The predicted octanol–water partition coefficient (Wildman–Crippen LogP) is 1.56. The van der Waals surface area contributed by atoms with Gasteiger partial charge in [-0.15, -0.1) is 0 Å². The molecule has 0 aromatic rings. The third-order valence-corrected chi connectivity index (χ3v) is 5.63. The van der Waals surface area contributed by atoms with Gasteiger partial charge in [0.15, 0.2) is 0 Å². The molecule has 0 aromatic carbocycles. The molecule has 0 radical (unpaired) electrons. The van der Waals surface area contributed by atoms with Crippen molar-refractivity contribution in [2.24, 2.45) is 5.92 Å². The maximum absolute atomic E-state index is 6.06. The molecule has 0 bridgehead atoms. The first-order valence-corrected chi connectivity index (χ1v) is 9.04. The van der Waals surface area contributed by atoms with Crippen molar-refractivity contribution in [1.29, 1.82) is 0 Å². The SMILES string of the molecule is CC(C)N1CCOC(CN2CCCC2C2CCCNC2)C1. The van der Waals surface area contributed by atoms with Crippen LogP contribution < -0.4 is 5.32 Å². The van der Waals surface area contributed by atoms with E-state index >= 15 is 0 Å². The molecule has 0 aromatic heterocycles. The maximum Gasteiger partial charge on any atom is 0.0829 e. The van der Waals surface area contributed by atoms with Crippen molar-refractivity contribution in [1.82, 2.24) is 15.1 Å². The fourth-order valence-corrected chi connectivity index (χ4v) is 4.40. The molecule has 3 fully saturated rings. The Morgan fingerprint density at radius 2 is 2.10 bits per heavy atom. The van der Waals surface area contributed by atoms with E-state index in [1.165, 1.54) is 45.3 Å². The van der Waals surface area contributed by atoms with Crippen LogP contribution in [0.25, 0.3) is 0 Å². The lowest BCUT2D eigenvalue weighted by atomic mass is 9.90. The highest BCUT2D eigenvalue weighted by atomic mass is 16.5. The Hall–Kier alpha value is -0.160. The van der Waals surface area contributed by atoms with Gasteiger partial charge in [0.05, 0.1) is 12.7 Å². The molecule has 0 amide bonds. The first kappa shape index (κ1) is 15.7. The highest BCUT2D eigenvalue weighted by Gasteiger charge is 2.34. The first-order chi connectivity index (χ1) is 10.2. The van der Waals surface area contributed by atoms with E-state index in [-0.39, 0.29) is 0 Å². The van der Waals surface area contributed by atoms with Crippen LogP contribution in [-0.2, 0) is 4.74 Å². The summed E-state index contributed by atoms with van der Waals surface area (Å²) in [5, 5.41) is 3.59. The van der Waals surface area contributed by atoms with Gasteiger partial charge in [0, 0.05) is 31.7 Å². The highest BCUT2D eigenvalue weighted by molar-refractivity contribution is 4.90. The van der Waals surface area contributed by atoms with Crippen molar-refractivity contribution in [3.05, 3.63) is 0 Å². The summed E-state index contributed by atoms with van der Waals surface area (Å²) < 4.78 is 6.06. The zero-order chi connectivity index (χ0) is 14.7. The van der Waals surface area contributed by atoms with E-state index in [1.54, 1.807) is 0 Å². The number of ether oxygens (including phenoxy) is 1. The Morgan fingerprint density at radius 3 is 2.86 bits per heavy atom. The Labute approximate surface area is 130 Å². The summed E-state index contributed by atoms with van der Waals surface area (Å²) in [6.07, 6.45) is 5.96. The van der Waals surface area contributed by atoms with Gasteiger partial charge < -0.3 is 10.1 Å². The van der Waals surface area contributed by atoms with Crippen LogP contribution in [0, 0.1) is 5.92 Å². The molecule has 4 heteroatoms. The largest absolute Gasteiger partial charge is 0.374 e. The van der Waals surface area contributed by atoms with Crippen LogP contribution in [0.4, 0.5) is 0 Å². The average Bonchev–Trinajstić information content (AvgIpc) is 2.96. The van der Waals surface area contributed by atoms with Crippen molar-refractivity contribution >= 4 is 0 Å². The molecule has 3 rings (SSSR count). The normalized spacial score (nSPS) is 36.4. The molecule has 0 aliphatic carbocycles. The van der Waals surface area contributed by atoms with E-state index in [2.05, 4.69) is 29.0 Å². The number of rotatable bonds is 4. The molecule has 1 N–H and O–H groups in total. The first-order valence-electron chi connectivity index (χ1n) is 9.04. The Balaban J connectivity index is 1.53. The molecule has 0 spiro atoms. The van der Waals surface area contributed by atoms with Crippen molar-refractivity contribution in [2.45, 2.75) is 57.7 Å². The van der Waals surface area contributed by atoms with Crippen LogP contribution in [0.15, 0.2) is 0 Å². The third kappa shape index (κ3) is 3.98. The van der Waals surface area contributed by atoms with Gasteiger partial charge in [0.25, 0.3) is 0 Å². The molecule has 0 saturated carbocycles. The molecule has 3 atom stereocenters. The standard InChI is InChI=1S/C17H33N3O/c1-14(2)19-9-10-21-16(12-19)13-20-8-4-6-17(20)15-5-3-7-18-11-15/h14-18H,3-13H2,1-2H3. The van der Waals surface area contributed by atoms with Gasteiger partial charge in [-0.1, -0.05) is 0 Å². The van der Waals surface area contributed by atoms with Crippen LogP contribution in [-0.4, -0.2) is 73.9 Å². The molecule has 3 heterocycles. The quantitative estimate of drug-likeness (QED) is 0.852. The smallest absolute Gasteiger partial charge is 0.0829 e. The molecule has 3 aliphatic heterocycles. The molecule has 3 unspecified atom stereocenters. The van der Waals surface area contributed by atoms with Crippen LogP contribution >= 0.6 is 0 Å². The van der Waals surface area contributed by atoms with Crippen LogP contribution in [0.5, 0.6) is 0 Å². The van der Waals surface area contributed by atoms with E-state index in [9.17, 15) is 0 Å². The predicted molar refractivity (Wildman–Crippen MR) is 86.6 cm³/mol. The number of piperidine rings is 1. The van der Waals surface area contributed by atoms with Crippen molar-refractivity contribution in [2.75, 3.05) is 45.9 Å². The Kier molecular flexibility index (Phi) is 5.54. The number of hydrogen-bond donors (Lipinski definition) is 1. The second-order valence-corrected chi connectivity index (χ2v) is 7.39. The molecule has 4 nitrogen and oxygen atoms in total. The van der Waals surface area contributed by atoms with Crippen LogP contribution in [0.2, 0.25) is 0 Å². The van der Waals surface area contributed by atoms with Gasteiger partial charge >= 0.3 is 0 Å². The zero-order valence-electron chi connectivity index (χ0n) is 13.9. The second kappa shape index (κ2) is 7.40. The fourth-order valence-electron chi connectivity index (χ4n) is 4.40. The van der Waals surface area contributed by atoms with Gasteiger partial charge in [0.1, 0.15) is 0 Å². The minimum Gasteiger partial charge on any atom is -0.374 e. The lowest BCUT2D eigenvalue weighted by Gasteiger charge is -2.40.